The lowest BCUT2D eigenvalue weighted by atomic mass is 9.90. The Balaban J connectivity index is 1.73. The van der Waals surface area contributed by atoms with Crippen LogP contribution >= 0.6 is 43.6 Å². The average molecular weight is 407 g/mol. The van der Waals surface area contributed by atoms with Gasteiger partial charge in [0.1, 0.15) is 0 Å². The van der Waals surface area contributed by atoms with Crippen LogP contribution in [0.15, 0.2) is 27.1 Å². The summed E-state index contributed by atoms with van der Waals surface area (Å²) in [5.41, 5.74) is 1.30. The first-order chi connectivity index (χ1) is 9.19. The molecule has 2 aliphatic rings. The predicted molar refractivity (Wildman–Crippen MR) is 89.1 cm³/mol. The molecule has 1 N–H and O–H groups in total. The Hall–Kier alpha value is 0.290. The highest BCUT2D eigenvalue weighted by molar-refractivity contribution is 9.11. The monoisotopic (exact) mass is 405 g/mol. The average Bonchev–Trinajstić information content (AvgIpc) is 2.82. The summed E-state index contributed by atoms with van der Waals surface area (Å²) in [4.78, 5) is 0. The molecule has 2 fully saturated rings. The molecule has 0 aromatic heterocycles. The summed E-state index contributed by atoms with van der Waals surface area (Å²) in [7, 11) is 0. The van der Waals surface area contributed by atoms with Crippen molar-refractivity contribution in [2.75, 3.05) is 23.4 Å². The van der Waals surface area contributed by atoms with Gasteiger partial charge in [-0.25, -0.2) is 0 Å². The lowest BCUT2D eigenvalue weighted by Crippen LogP contribution is -2.44. The zero-order valence-electron chi connectivity index (χ0n) is 10.6. The van der Waals surface area contributed by atoms with E-state index in [1.165, 1.54) is 12.2 Å². The lowest BCUT2D eigenvalue weighted by Gasteiger charge is -2.38. The van der Waals surface area contributed by atoms with Gasteiger partial charge in [0, 0.05) is 27.3 Å². The molecule has 2 nitrogen and oxygen atoms in total. The highest BCUT2D eigenvalue weighted by Crippen LogP contribution is 2.40. The minimum Gasteiger partial charge on any atom is -0.380 e. The largest absolute Gasteiger partial charge is 0.380 e. The summed E-state index contributed by atoms with van der Waals surface area (Å²) in [6.45, 7) is 0.875. The second-order valence-corrected chi connectivity index (χ2v) is 8.08. The van der Waals surface area contributed by atoms with Gasteiger partial charge >= 0.3 is 0 Å². The van der Waals surface area contributed by atoms with Crippen molar-refractivity contribution in [3.63, 3.8) is 0 Å². The van der Waals surface area contributed by atoms with Crippen molar-refractivity contribution in [1.29, 1.82) is 0 Å². The SMILES string of the molecule is Brc1cccc(Br)c1NC1CCOC2(CCSC2)C1. The standard InChI is InChI=1S/C14H17Br2NOS/c15-11-2-1-3-12(16)13(11)17-10-4-6-18-14(8-10)5-7-19-9-14/h1-3,10,17H,4-9H2. The molecule has 1 aromatic carbocycles. The van der Waals surface area contributed by atoms with Gasteiger partial charge in [-0.1, -0.05) is 6.07 Å². The number of hydrogen-bond acceptors (Lipinski definition) is 3. The Morgan fingerprint density at radius 2 is 2.11 bits per heavy atom. The molecule has 0 saturated carbocycles. The van der Waals surface area contributed by atoms with E-state index in [0.717, 1.165) is 39.8 Å². The first kappa shape index (κ1) is 14.2. The van der Waals surface area contributed by atoms with Gasteiger partial charge < -0.3 is 10.1 Å². The van der Waals surface area contributed by atoms with Gasteiger partial charge in [0.25, 0.3) is 0 Å². The van der Waals surface area contributed by atoms with E-state index in [4.69, 9.17) is 4.74 Å². The molecule has 5 heteroatoms. The van der Waals surface area contributed by atoms with Crippen LogP contribution in [0.4, 0.5) is 5.69 Å². The molecule has 104 valence electrons. The van der Waals surface area contributed by atoms with Crippen LogP contribution < -0.4 is 5.32 Å². The van der Waals surface area contributed by atoms with Crippen LogP contribution in [0.2, 0.25) is 0 Å². The predicted octanol–water partition coefficient (Wildman–Crippen LogP) is 4.68. The number of nitrogens with one attached hydrogen (secondary N) is 1. The van der Waals surface area contributed by atoms with E-state index in [-0.39, 0.29) is 5.60 Å². The minimum absolute atomic E-state index is 0.133. The Labute approximate surface area is 135 Å². The number of para-hydroxylation sites is 1. The van der Waals surface area contributed by atoms with Gasteiger partial charge in [0.15, 0.2) is 0 Å². The summed E-state index contributed by atoms with van der Waals surface area (Å²) in [5.74, 6) is 2.40. The maximum Gasteiger partial charge on any atom is 0.0799 e. The van der Waals surface area contributed by atoms with E-state index >= 15 is 0 Å². The van der Waals surface area contributed by atoms with Crippen molar-refractivity contribution < 1.29 is 4.74 Å². The molecule has 19 heavy (non-hydrogen) atoms. The molecule has 2 atom stereocenters. The second kappa shape index (κ2) is 5.96. The number of rotatable bonds is 2. The van der Waals surface area contributed by atoms with Crippen LogP contribution in [-0.4, -0.2) is 29.8 Å². The van der Waals surface area contributed by atoms with E-state index in [2.05, 4.69) is 49.3 Å². The number of anilines is 1. The Bertz CT molecular complexity index is 443. The summed E-state index contributed by atoms with van der Waals surface area (Å²) in [6, 6.07) is 6.70. The van der Waals surface area contributed by atoms with E-state index in [0.29, 0.717) is 6.04 Å². The molecule has 0 amide bonds. The lowest BCUT2D eigenvalue weighted by molar-refractivity contribution is -0.0628. The van der Waals surface area contributed by atoms with Gasteiger partial charge in [-0.2, -0.15) is 11.8 Å². The van der Waals surface area contributed by atoms with Gasteiger partial charge in [-0.15, -0.1) is 0 Å². The van der Waals surface area contributed by atoms with Crippen LogP contribution in [0.1, 0.15) is 19.3 Å². The smallest absolute Gasteiger partial charge is 0.0799 e. The van der Waals surface area contributed by atoms with Crippen LogP contribution in [-0.2, 0) is 4.74 Å². The normalized spacial score (nSPS) is 30.7. The Morgan fingerprint density at radius 1 is 1.32 bits per heavy atom. The Kier molecular flexibility index (Phi) is 4.47. The maximum absolute atomic E-state index is 6.07. The summed E-state index contributed by atoms with van der Waals surface area (Å²) in [5, 5.41) is 3.69. The molecular formula is C14H17Br2NOS. The first-order valence-corrected chi connectivity index (χ1v) is 9.35. The van der Waals surface area contributed by atoms with Crippen LogP contribution in [0.5, 0.6) is 0 Å². The van der Waals surface area contributed by atoms with Crippen LogP contribution in [0.3, 0.4) is 0 Å². The van der Waals surface area contributed by atoms with Gasteiger partial charge in [-0.05, 0) is 69.0 Å². The topological polar surface area (TPSA) is 21.3 Å². The van der Waals surface area contributed by atoms with Crippen molar-refractivity contribution in [1.82, 2.24) is 0 Å². The second-order valence-electron chi connectivity index (χ2n) is 5.26. The summed E-state index contributed by atoms with van der Waals surface area (Å²) in [6.07, 6.45) is 3.40. The summed E-state index contributed by atoms with van der Waals surface area (Å²) >= 11 is 9.26. The molecule has 1 spiro atoms. The zero-order chi connectivity index (χ0) is 13.3. The molecule has 2 unspecified atom stereocenters. The van der Waals surface area contributed by atoms with E-state index in [1.54, 1.807) is 0 Å². The number of thioether (sulfide) groups is 1. The van der Waals surface area contributed by atoms with Crippen molar-refractivity contribution in [3.8, 4) is 0 Å². The molecule has 2 heterocycles. The molecule has 1 aromatic rings. The fraction of sp³-hybridized carbons (Fsp3) is 0.571. The van der Waals surface area contributed by atoms with Gasteiger partial charge in [-0.3, -0.25) is 0 Å². The number of hydrogen-bond donors (Lipinski definition) is 1. The zero-order valence-corrected chi connectivity index (χ0v) is 14.6. The third kappa shape index (κ3) is 3.14. The molecule has 0 bridgehead atoms. The quantitative estimate of drug-likeness (QED) is 0.770. The highest BCUT2D eigenvalue weighted by Gasteiger charge is 2.40. The molecule has 0 aliphatic carbocycles. The third-order valence-corrected chi connectivity index (χ3v) is 6.42. The molecule has 0 radical (unpaired) electrons. The van der Waals surface area contributed by atoms with Gasteiger partial charge in [0.05, 0.1) is 11.3 Å². The minimum atomic E-state index is 0.133. The molecule has 3 rings (SSSR count). The van der Waals surface area contributed by atoms with Gasteiger partial charge in [0.2, 0.25) is 0 Å². The maximum atomic E-state index is 6.07. The van der Waals surface area contributed by atoms with Crippen molar-refractivity contribution >= 4 is 49.3 Å². The van der Waals surface area contributed by atoms with Crippen LogP contribution in [0.25, 0.3) is 0 Å². The van der Waals surface area contributed by atoms with Crippen LogP contribution in [0, 0.1) is 0 Å². The Morgan fingerprint density at radius 3 is 2.79 bits per heavy atom. The first-order valence-electron chi connectivity index (χ1n) is 6.61. The van der Waals surface area contributed by atoms with Crippen molar-refractivity contribution in [2.45, 2.75) is 30.9 Å². The number of halogens is 2. The summed E-state index contributed by atoms with van der Waals surface area (Å²) < 4.78 is 8.30. The molecule has 2 aliphatic heterocycles. The molecule has 2 saturated heterocycles. The highest BCUT2D eigenvalue weighted by atomic mass is 79.9. The van der Waals surface area contributed by atoms with Crippen molar-refractivity contribution in [2.24, 2.45) is 0 Å². The van der Waals surface area contributed by atoms with E-state index < -0.39 is 0 Å². The third-order valence-electron chi connectivity index (χ3n) is 3.87. The van der Waals surface area contributed by atoms with E-state index in [9.17, 15) is 0 Å². The number of benzene rings is 1. The fourth-order valence-corrected chi connectivity index (χ4v) is 5.46. The fourth-order valence-electron chi connectivity index (χ4n) is 2.85. The van der Waals surface area contributed by atoms with Crippen molar-refractivity contribution in [3.05, 3.63) is 27.1 Å². The van der Waals surface area contributed by atoms with E-state index in [1.807, 2.05) is 17.8 Å². The number of ether oxygens (including phenoxy) is 1. The molecular weight excluding hydrogens is 390 g/mol.